The van der Waals surface area contributed by atoms with Crippen LogP contribution in [0.2, 0.25) is 0 Å². The van der Waals surface area contributed by atoms with Crippen molar-refractivity contribution < 1.29 is 19.1 Å². The topological polar surface area (TPSA) is 109 Å². The molecule has 6 aromatic carbocycles. The third kappa shape index (κ3) is 10.3. The molecule has 56 heavy (non-hydrogen) atoms. The second-order valence-electron chi connectivity index (χ2n) is 12.5. The lowest BCUT2D eigenvalue weighted by Crippen LogP contribution is -2.30. The summed E-state index contributed by atoms with van der Waals surface area (Å²) < 4.78 is 5.93. The molecule has 3 N–H and O–H groups in total. The van der Waals surface area contributed by atoms with Crippen LogP contribution in [0.25, 0.3) is 17.3 Å². The van der Waals surface area contributed by atoms with Gasteiger partial charge in [-0.05, 0) is 65.2 Å². The van der Waals surface area contributed by atoms with Crippen LogP contribution in [0.15, 0.2) is 186 Å². The second-order valence-corrected chi connectivity index (χ2v) is 14.5. The normalized spacial score (nSPS) is 11.6. The number of hydrogen-bond donors (Lipinski definition) is 3. The van der Waals surface area contributed by atoms with E-state index in [1.165, 1.54) is 23.1 Å². The molecule has 0 saturated carbocycles. The highest BCUT2D eigenvalue weighted by Gasteiger charge is 2.24. The first-order valence-electron chi connectivity index (χ1n) is 17.8. The van der Waals surface area contributed by atoms with Crippen molar-refractivity contribution in [3.05, 3.63) is 203 Å². The number of benzene rings is 6. The standard InChI is InChI=1S/C46H36N4O4S2/c51-43(36-20-11-4-12-21-36)48-40(28-32-24-26-38(27-25-32)54-30-33-14-5-1-6-15-33)44(52)47-37-22-13-23-39(29-37)56-42(35-18-9-3-10-19-35)45(53)50-46-49-41(31-55-46)34-16-7-2-8-17-34/h1-29,31,42H,30H2,(H,47,52)(H,48,51)(H,49,50,53)/b40-28-. The predicted molar refractivity (Wildman–Crippen MR) is 225 cm³/mol. The third-order valence-corrected chi connectivity index (χ3v) is 10.5. The van der Waals surface area contributed by atoms with Gasteiger partial charge in [-0.15, -0.1) is 23.1 Å². The number of nitrogens with zero attached hydrogens (tertiary/aromatic N) is 1. The van der Waals surface area contributed by atoms with Crippen LogP contribution in [-0.4, -0.2) is 22.7 Å². The molecule has 3 amide bonds. The molecule has 1 atom stereocenters. The lowest BCUT2D eigenvalue weighted by atomic mass is 10.1. The molecule has 0 aliphatic heterocycles. The maximum atomic E-state index is 13.9. The van der Waals surface area contributed by atoms with Gasteiger partial charge in [-0.3, -0.25) is 14.4 Å². The Kier molecular flexibility index (Phi) is 12.4. The van der Waals surface area contributed by atoms with E-state index < -0.39 is 17.1 Å². The molecule has 0 bridgehead atoms. The highest BCUT2D eigenvalue weighted by atomic mass is 32.2. The SMILES string of the molecule is O=C(Nc1cccc(SC(C(=O)Nc2nc(-c3ccccc3)cs2)c2ccccc2)c1)/C(=C/c1ccc(OCc2ccccc2)cc1)NC(=O)c1ccccc1. The van der Waals surface area contributed by atoms with Crippen molar-refractivity contribution in [1.82, 2.24) is 10.3 Å². The van der Waals surface area contributed by atoms with E-state index in [1.807, 2.05) is 139 Å². The Balaban J connectivity index is 1.08. The molecule has 0 radical (unpaired) electrons. The number of thioether (sulfide) groups is 1. The van der Waals surface area contributed by atoms with Gasteiger partial charge in [0.05, 0.1) is 5.69 Å². The summed E-state index contributed by atoms with van der Waals surface area (Å²) in [5.41, 5.74) is 5.26. The minimum atomic E-state index is -0.619. The van der Waals surface area contributed by atoms with Crippen molar-refractivity contribution >= 4 is 57.7 Å². The largest absolute Gasteiger partial charge is 0.489 e. The smallest absolute Gasteiger partial charge is 0.272 e. The Morgan fingerprint density at radius 3 is 2.09 bits per heavy atom. The summed E-state index contributed by atoms with van der Waals surface area (Å²) in [5, 5.41) is 10.5. The fraction of sp³-hybridized carbons (Fsp3) is 0.0435. The molecule has 8 nitrogen and oxygen atoms in total. The number of nitrogens with one attached hydrogen (secondary N) is 3. The average molecular weight is 773 g/mol. The number of thiazole rings is 1. The molecule has 276 valence electrons. The van der Waals surface area contributed by atoms with Crippen LogP contribution in [0.4, 0.5) is 10.8 Å². The minimum Gasteiger partial charge on any atom is -0.489 e. The monoisotopic (exact) mass is 772 g/mol. The zero-order valence-electron chi connectivity index (χ0n) is 30.0. The Morgan fingerprint density at radius 1 is 0.714 bits per heavy atom. The molecular weight excluding hydrogens is 737 g/mol. The molecule has 1 unspecified atom stereocenters. The number of carbonyl (C=O) groups excluding carboxylic acids is 3. The first-order chi connectivity index (χ1) is 27.5. The molecule has 0 saturated heterocycles. The van der Waals surface area contributed by atoms with Crippen molar-refractivity contribution in [1.29, 1.82) is 0 Å². The summed E-state index contributed by atoms with van der Waals surface area (Å²) in [4.78, 5) is 46.4. The summed E-state index contributed by atoms with van der Waals surface area (Å²) >= 11 is 2.72. The number of hydrogen-bond acceptors (Lipinski definition) is 7. The van der Waals surface area contributed by atoms with Gasteiger partial charge >= 0.3 is 0 Å². The Labute approximate surface area is 333 Å². The third-order valence-electron chi connectivity index (χ3n) is 8.46. The molecule has 7 rings (SSSR count). The van der Waals surface area contributed by atoms with Crippen LogP contribution < -0.4 is 20.7 Å². The van der Waals surface area contributed by atoms with Gasteiger partial charge in [0, 0.05) is 27.1 Å². The van der Waals surface area contributed by atoms with Gasteiger partial charge in [0.2, 0.25) is 5.91 Å². The first-order valence-corrected chi connectivity index (χ1v) is 19.5. The summed E-state index contributed by atoms with van der Waals surface area (Å²) in [6.07, 6.45) is 1.62. The number of anilines is 2. The fourth-order valence-electron chi connectivity index (χ4n) is 5.64. The van der Waals surface area contributed by atoms with E-state index in [0.717, 1.165) is 27.3 Å². The van der Waals surface area contributed by atoms with Gasteiger partial charge in [0.25, 0.3) is 11.8 Å². The maximum Gasteiger partial charge on any atom is 0.272 e. The Morgan fingerprint density at radius 2 is 1.38 bits per heavy atom. The molecule has 0 spiro atoms. The Bertz CT molecular complexity index is 2420. The maximum absolute atomic E-state index is 13.9. The van der Waals surface area contributed by atoms with Gasteiger partial charge in [0.15, 0.2) is 5.13 Å². The highest BCUT2D eigenvalue weighted by Crippen LogP contribution is 2.38. The minimum absolute atomic E-state index is 0.0507. The first kappa shape index (κ1) is 37.6. The highest BCUT2D eigenvalue weighted by molar-refractivity contribution is 8.00. The van der Waals surface area contributed by atoms with E-state index >= 15 is 0 Å². The van der Waals surface area contributed by atoms with Crippen LogP contribution in [0.5, 0.6) is 5.75 Å². The van der Waals surface area contributed by atoms with E-state index in [1.54, 1.807) is 42.5 Å². The summed E-state index contributed by atoms with van der Waals surface area (Å²) in [5.74, 6) is -0.497. The number of ether oxygens (including phenoxy) is 1. The molecule has 0 aliphatic carbocycles. The van der Waals surface area contributed by atoms with E-state index in [0.29, 0.717) is 34.3 Å². The molecule has 1 heterocycles. The van der Waals surface area contributed by atoms with Crippen LogP contribution in [0.1, 0.15) is 32.3 Å². The number of aromatic nitrogens is 1. The fourth-order valence-corrected chi connectivity index (χ4v) is 7.44. The molecule has 0 fully saturated rings. The van der Waals surface area contributed by atoms with E-state index in [-0.39, 0.29) is 11.6 Å². The van der Waals surface area contributed by atoms with Crippen LogP contribution in [0, 0.1) is 0 Å². The van der Waals surface area contributed by atoms with Crippen LogP contribution in [0.3, 0.4) is 0 Å². The zero-order valence-corrected chi connectivity index (χ0v) is 31.6. The van der Waals surface area contributed by atoms with Crippen LogP contribution in [-0.2, 0) is 16.2 Å². The zero-order chi connectivity index (χ0) is 38.5. The average Bonchev–Trinajstić information content (AvgIpc) is 3.72. The number of amides is 3. The van der Waals surface area contributed by atoms with Crippen molar-refractivity contribution in [2.75, 3.05) is 10.6 Å². The lowest BCUT2D eigenvalue weighted by Gasteiger charge is -2.17. The molecule has 7 aromatic rings. The second kappa shape index (κ2) is 18.5. The predicted octanol–water partition coefficient (Wildman–Crippen LogP) is 10.3. The summed E-state index contributed by atoms with van der Waals surface area (Å²) in [7, 11) is 0. The summed E-state index contributed by atoms with van der Waals surface area (Å²) in [6, 6.07) is 52.4. The Hall–Kier alpha value is -6.75. The van der Waals surface area contributed by atoms with Crippen molar-refractivity contribution in [3.63, 3.8) is 0 Å². The molecule has 0 aliphatic rings. The van der Waals surface area contributed by atoms with E-state index in [2.05, 4.69) is 20.9 Å². The molecular formula is C46H36N4O4S2. The number of carbonyl (C=O) groups is 3. The van der Waals surface area contributed by atoms with E-state index in [9.17, 15) is 14.4 Å². The lowest BCUT2D eigenvalue weighted by molar-refractivity contribution is -0.116. The van der Waals surface area contributed by atoms with E-state index in [4.69, 9.17) is 4.74 Å². The molecule has 10 heteroatoms. The van der Waals surface area contributed by atoms with Crippen molar-refractivity contribution in [3.8, 4) is 17.0 Å². The molecule has 1 aromatic heterocycles. The van der Waals surface area contributed by atoms with Gasteiger partial charge in [-0.2, -0.15) is 0 Å². The van der Waals surface area contributed by atoms with Gasteiger partial charge < -0.3 is 20.7 Å². The quantitative estimate of drug-likeness (QED) is 0.0750. The van der Waals surface area contributed by atoms with Gasteiger partial charge in [-0.25, -0.2) is 4.98 Å². The van der Waals surface area contributed by atoms with Gasteiger partial charge in [0.1, 0.15) is 23.3 Å². The summed E-state index contributed by atoms with van der Waals surface area (Å²) in [6.45, 7) is 0.423. The van der Waals surface area contributed by atoms with Gasteiger partial charge in [-0.1, -0.05) is 127 Å². The van der Waals surface area contributed by atoms with Crippen molar-refractivity contribution in [2.24, 2.45) is 0 Å². The number of rotatable bonds is 14. The van der Waals surface area contributed by atoms with Crippen molar-refractivity contribution in [2.45, 2.75) is 16.8 Å². The van der Waals surface area contributed by atoms with Crippen LogP contribution >= 0.6 is 23.1 Å².